The Morgan fingerprint density at radius 1 is 1.19 bits per heavy atom. The maximum absolute atomic E-state index is 13.2. The van der Waals surface area contributed by atoms with E-state index in [1.165, 1.54) is 0 Å². The number of aryl methyl sites for hydroxylation is 2. The van der Waals surface area contributed by atoms with Crippen LogP contribution in [0.5, 0.6) is 0 Å². The fourth-order valence-electron chi connectivity index (χ4n) is 3.07. The summed E-state index contributed by atoms with van der Waals surface area (Å²) < 4.78 is 5.33. The minimum Gasteiger partial charge on any atom is -0.382 e. The highest BCUT2D eigenvalue weighted by Crippen LogP contribution is 2.23. The van der Waals surface area contributed by atoms with Crippen molar-refractivity contribution in [3.63, 3.8) is 0 Å². The van der Waals surface area contributed by atoms with Crippen molar-refractivity contribution in [2.45, 2.75) is 19.9 Å². The summed E-state index contributed by atoms with van der Waals surface area (Å²) in [4.78, 5) is 23.9. The van der Waals surface area contributed by atoms with Gasteiger partial charge < -0.3 is 9.64 Å². The van der Waals surface area contributed by atoms with Crippen molar-refractivity contribution in [2.75, 3.05) is 20.8 Å². The fourth-order valence-corrected chi connectivity index (χ4v) is 3.07. The van der Waals surface area contributed by atoms with Crippen LogP contribution < -0.4 is 0 Å². The number of hydrogen-bond acceptors (Lipinski definition) is 4. The lowest BCUT2D eigenvalue weighted by atomic mass is 10.1. The number of rotatable bonds is 5. The minimum atomic E-state index is -0.263. The van der Waals surface area contributed by atoms with E-state index in [1.54, 1.807) is 25.3 Å². The average molecular weight is 349 g/mol. The molecule has 3 aromatic rings. The van der Waals surface area contributed by atoms with Crippen LogP contribution in [-0.4, -0.2) is 41.5 Å². The Morgan fingerprint density at radius 2 is 2.00 bits per heavy atom. The van der Waals surface area contributed by atoms with Crippen molar-refractivity contribution in [3.8, 4) is 0 Å². The summed E-state index contributed by atoms with van der Waals surface area (Å²) in [7, 11) is 3.40. The van der Waals surface area contributed by atoms with Gasteiger partial charge in [0.05, 0.1) is 35.1 Å². The van der Waals surface area contributed by atoms with Gasteiger partial charge in [0, 0.05) is 25.7 Å². The number of amides is 1. The largest absolute Gasteiger partial charge is 0.382 e. The standard InChI is InChI=1S/C21H23N3O2/c1-14-8-9-18-16(11-14)12-17(15(2)23-18)21(25)24(3)20(13-26-4)19-7-5-6-10-22-19/h5-12,20H,13H2,1-4H3/t20-/m0/s1. The summed E-state index contributed by atoms with van der Waals surface area (Å²) in [6, 6.07) is 13.4. The van der Waals surface area contributed by atoms with Gasteiger partial charge in [0.25, 0.3) is 5.91 Å². The topological polar surface area (TPSA) is 55.3 Å². The number of benzene rings is 1. The first-order chi connectivity index (χ1) is 12.5. The first kappa shape index (κ1) is 18.0. The average Bonchev–Trinajstić information content (AvgIpc) is 2.65. The molecule has 0 aliphatic heterocycles. The Kier molecular flexibility index (Phi) is 5.28. The zero-order chi connectivity index (χ0) is 18.7. The zero-order valence-electron chi connectivity index (χ0n) is 15.6. The van der Waals surface area contributed by atoms with Crippen LogP contribution in [0.15, 0.2) is 48.7 Å². The van der Waals surface area contributed by atoms with E-state index in [-0.39, 0.29) is 11.9 Å². The number of aromatic nitrogens is 2. The third-order valence-electron chi connectivity index (χ3n) is 4.53. The highest BCUT2D eigenvalue weighted by Gasteiger charge is 2.25. The molecule has 26 heavy (non-hydrogen) atoms. The van der Waals surface area contributed by atoms with E-state index >= 15 is 0 Å². The Morgan fingerprint density at radius 3 is 2.69 bits per heavy atom. The van der Waals surface area contributed by atoms with Crippen molar-refractivity contribution in [1.82, 2.24) is 14.9 Å². The van der Waals surface area contributed by atoms with E-state index in [0.717, 1.165) is 27.9 Å². The van der Waals surface area contributed by atoms with Gasteiger partial charge >= 0.3 is 0 Å². The van der Waals surface area contributed by atoms with Gasteiger partial charge in [0.1, 0.15) is 0 Å². The van der Waals surface area contributed by atoms with Gasteiger partial charge in [-0.3, -0.25) is 14.8 Å². The first-order valence-electron chi connectivity index (χ1n) is 8.56. The molecule has 1 atom stereocenters. The quantitative estimate of drug-likeness (QED) is 0.705. The molecule has 5 heteroatoms. The van der Waals surface area contributed by atoms with Crippen LogP contribution in [0.25, 0.3) is 10.9 Å². The Labute approximate surface area is 153 Å². The summed E-state index contributed by atoms with van der Waals surface area (Å²) >= 11 is 0. The van der Waals surface area contributed by atoms with E-state index < -0.39 is 0 Å². The number of pyridine rings is 2. The summed E-state index contributed by atoms with van der Waals surface area (Å²) in [5.74, 6) is -0.0916. The van der Waals surface area contributed by atoms with Crippen molar-refractivity contribution in [1.29, 1.82) is 0 Å². The van der Waals surface area contributed by atoms with Gasteiger partial charge in [0.2, 0.25) is 0 Å². The third-order valence-corrected chi connectivity index (χ3v) is 4.53. The molecule has 2 aromatic heterocycles. The fraction of sp³-hybridized carbons (Fsp3) is 0.286. The van der Waals surface area contributed by atoms with E-state index in [9.17, 15) is 4.79 Å². The number of nitrogens with zero attached hydrogens (tertiary/aromatic N) is 3. The van der Waals surface area contributed by atoms with Crippen LogP contribution in [0.2, 0.25) is 0 Å². The van der Waals surface area contributed by atoms with Crippen LogP contribution >= 0.6 is 0 Å². The van der Waals surface area contributed by atoms with Gasteiger partial charge in [-0.15, -0.1) is 0 Å². The molecule has 2 heterocycles. The number of fused-ring (bicyclic) bond motifs is 1. The molecular weight excluding hydrogens is 326 g/mol. The van der Waals surface area contributed by atoms with Crippen LogP contribution in [0.1, 0.15) is 33.4 Å². The smallest absolute Gasteiger partial charge is 0.256 e. The number of likely N-dealkylation sites (N-methyl/N-ethyl adjacent to an activating group) is 1. The maximum Gasteiger partial charge on any atom is 0.256 e. The lowest BCUT2D eigenvalue weighted by molar-refractivity contribution is 0.0594. The Hall–Kier alpha value is -2.79. The molecule has 5 nitrogen and oxygen atoms in total. The third kappa shape index (κ3) is 3.58. The molecule has 0 spiro atoms. The summed E-state index contributed by atoms with van der Waals surface area (Å²) in [6.07, 6.45) is 1.72. The lowest BCUT2D eigenvalue weighted by Gasteiger charge is -2.27. The van der Waals surface area contributed by atoms with Crippen LogP contribution in [0, 0.1) is 13.8 Å². The predicted molar refractivity (Wildman–Crippen MR) is 102 cm³/mol. The normalized spacial score (nSPS) is 12.2. The van der Waals surface area contributed by atoms with E-state index in [1.807, 2.05) is 56.3 Å². The number of methoxy groups -OCH3 is 1. The van der Waals surface area contributed by atoms with E-state index in [4.69, 9.17) is 4.74 Å². The maximum atomic E-state index is 13.2. The molecule has 1 aromatic carbocycles. The molecule has 1 amide bonds. The van der Waals surface area contributed by atoms with Gasteiger partial charge in [-0.2, -0.15) is 0 Å². The second-order valence-corrected chi connectivity index (χ2v) is 6.46. The van der Waals surface area contributed by atoms with Crippen LogP contribution in [0.3, 0.4) is 0 Å². The SMILES string of the molecule is COC[C@@H](c1ccccn1)N(C)C(=O)c1cc2cc(C)ccc2nc1C. The molecule has 3 rings (SSSR count). The highest BCUT2D eigenvalue weighted by molar-refractivity contribution is 5.98. The zero-order valence-corrected chi connectivity index (χ0v) is 15.6. The van der Waals surface area contributed by atoms with Crippen molar-refractivity contribution in [3.05, 3.63) is 71.2 Å². The molecule has 0 N–H and O–H groups in total. The molecule has 0 aliphatic rings. The molecule has 0 saturated carbocycles. The van der Waals surface area contributed by atoms with Crippen LogP contribution in [0.4, 0.5) is 0 Å². The summed E-state index contributed by atoms with van der Waals surface area (Å²) in [6.45, 7) is 4.27. The molecule has 0 unspecified atom stereocenters. The molecular formula is C21H23N3O2. The second kappa shape index (κ2) is 7.62. The minimum absolute atomic E-state index is 0.0916. The molecule has 0 fully saturated rings. The van der Waals surface area contributed by atoms with Gasteiger partial charge in [0.15, 0.2) is 0 Å². The molecule has 0 aliphatic carbocycles. The van der Waals surface area contributed by atoms with Crippen molar-refractivity contribution < 1.29 is 9.53 Å². The van der Waals surface area contributed by atoms with Crippen molar-refractivity contribution >= 4 is 16.8 Å². The number of hydrogen-bond donors (Lipinski definition) is 0. The molecule has 0 saturated heterocycles. The molecule has 134 valence electrons. The van der Waals surface area contributed by atoms with E-state index in [0.29, 0.717) is 12.2 Å². The number of carbonyl (C=O) groups is 1. The summed E-state index contributed by atoms with van der Waals surface area (Å²) in [5, 5.41) is 0.966. The van der Waals surface area contributed by atoms with E-state index in [2.05, 4.69) is 9.97 Å². The molecule has 0 radical (unpaired) electrons. The van der Waals surface area contributed by atoms with Gasteiger partial charge in [-0.25, -0.2) is 0 Å². The highest BCUT2D eigenvalue weighted by atomic mass is 16.5. The second-order valence-electron chi connectivity index (χ2n) is 6.46. The molecule has 0 bridgehead atoms. The van der Waals surface area contributed by atoms with Gasteiger partial charge in [-0.05, 0) is 44.2 Å². The van der Waals surface area contributed by atoms with Gasteiger partial charge in [-0.1, -0.05) is 17.7 Å². The number of ether oxygens (including phenoxy) is 1. The lowest BCUT2D eigenvalue weighted by Crippen LogP contribution is -2.34. The predicted octanol–water partition coefficient (Wildman–Crippen LogP) is 3.71. The monoisotopic (exact) mass is 349 g/mol. The number of carbonyl (C=O) groups excluding carboxylic acids is 1. The van der Waals surface area contributed by atoms with Crippen LogP contribution in [-0.2, 0) is 4.74 Å². The van der Waals surface area contributed by atoms with Crippen molar-refractivity contribution in [2.24, 2.45) is 0 Å². The Balaban J connectivity index is 1.98. The summed E-state index contributed by atoms with van der Waals surface area (Å²) in [5.41, 5.74) is 4.15. The first-order valence-corrected chi connectivity index (χ1v) is 8.56. The Bertz CT molecular complexity index is 925.